The van der Waals surface area contributed by atoms with Gasteiger partial charge in [-0.15, -0.1) is 0 Å². The second-order valence-corrected chi connectivity index (χ2v) is 8.12. The van der Waals surface area contributed by atoms with E-state index in [9.17, 15) is 0 Å². The van der Waals surface area contributed by atoms with E-state index in [1.807, 2.05) is 50.2 Å². The molecule has 158 valence electrons. The Balaban J connectivity index is 1.50. The summed E-state index contributed by atoms with van der Waals surface area (Å²) in [6, 6.07) is 24.6. The van der Waals surface area contributed by atoms with E-state index in [0.29, 0.717) is 0 Å². The predicted molar refractivity (Wildman–Crippen MR) is 121 cm³/mol. The monoisotopic (exact) mass is 414 g/mol. The van der Waals surface area contributed by atoms with Crippen molar-refractivity contribution in [2.45, 2.75) is 38.6 Å². The quantitative estimate of drug-likeness (QED) is 0.535. The fourth-order valence-corrected chi connectivity index (χ4v) is 4.20. The lowest BCUT2D eigenvalue weighted by Crippen LogP contribution is -2.33. The molecular weight excluding hydrogens is 388 g/mol. The molecule has 0 bridgehead atoms. The standard InChI is InChI=1S/C26H26N2O3/c1-17(2)30-21-14-10-19(11-15-21)26-28-24(22-6-4-5-7-25(22)31-26)16-23(27-28)18-8-12-20(29-3)13-9-18/h4-15,17,24,26H,16H2,1-3H3/t24-,26+/m0/s1. The SMILES string of the molecule is COc1ccc(C2=NN3[C@@H](c4ccc(OC(C)C)cc4)Oc4ccccc4[C@@H]3C2)cc1. The molecule has 0 aliphatic carbocycles. The molecule has 5 nitrogen and oxygen atoms in total. The van der Waals surface area contributed by atoms with Gasteiger partial charge in [0.2, 0.25) is 6.23 Å². The topological polar surface area (TPSA) is 43.3 Å². The first-order valence-corrected chi connectivity index (χ1v) is 10.6. The number of benzene rings is 3. The van der Waals surface area contributed by atoms with Crippen LogP contribution >= 0.6 is 0 Å². The summed E-state index contributed by atoms with van der Waals surface area (Å²) >= 11 is 0. The van der Waals surface area contributed by atoms with Gasteiger partial charge in [-0.1, -0.05) is 18.2 Å². The maximum atomic E-state index is 6.43. The Hall–Kier alpha value is -3.47. The molecule has 3 aromatic carbocycles. The zero-order valence-electron chi connectivity index (χ0n) is 18.0. The molecule has 2 atom stereocenters. The average molecular weight is 415 g/mol. The Morgan fingerprint density at radius 1 is 0.935 bits per heavy atom. The summed E-state index contributed by atoms with van der Waals surface area (Å²) in [6.45, 7) is 4.05. The van der Waals surface area contributed by atoms with Gasteiger partial charge in [0.25, 0.3) is 0 Å². The molecule has 2 heterocycles. The molecule has 5 rings (SSSR count). The summed E-state index contributed by atoms with van der Waals surface area (Å²) in [5, 5.41) is 7.11. The van der Waals surface area contributed by atoms with Crippen molar-refractivity contribution in [3.05, 3.63) is 89.5 Å². The molecule has 0 spiro atoms. The highest BCUT2D eigenvalue weighted by molar-refractivity contribution is 6.02. The molecule has 5 heteroatoms. The number of methoxy groups -OCH3 is 1. The van der Waals surface area contributed by atoms with Crippen LogP contribution in [0.5, 0.6) is 17.2 Å². The van der Waals surface area contributed by atoms with Crippen LogP contribution in [0.3, 0.4) is 0 Å². The molecular formula is C26H26N2O3. The van der Waals surface area contributed by atoms with Crippen molar-refractivity contribution in [3.8, 4) is 17.2 Å². The second kappa shape index (κ2) is 7.99. The highest BCUT2D eigenvalue weighted by Crippen LogP contribution is 2.47. The number of nitrogens with zero attached hydrogens (tertiary/aromatic N) is 2. The van der Waals surface area contributed by atoms with E-state index in [-0.39, 0.29) is 18.4 Å². The summed E-state index contributed by atoms with van der Waals surface area (Å²) in [5.41, 5.74) is 4.38. The summed E-state index contributed by atoms with van der Waals surface area (Å²) in [4.78, 5) is 0. The highest BCUT2D eigenvalue weighted by atomic mass is 16.5. The molecule has 0 fully saturated rings. The Bertz CT molecular complexity index is 1090. The summed E-state index contributed by atoms with van der Waals surface area (Å²) < 4.78 is 17.5. The number of hydrogen-bond donors (Lipinski definition) is 0. The predicted octanol–water partition coefficient (Wildman–Crippen LogP) is 5.72. The Morgan fingerprint density at radius 2 is 1.65 bits per heavy atom. The summed E-state index contributed by atoms with van der Waals surface area (Å²) in [5.74, 6) is 2.62. The zero-order chi connectivity index (χ0) is 21.4. The lowest BCUT2D eigenvalue weighted by atomic mass is 9.96. The normalized spacial score (nSPS) is 19.4. The first-order chi connectivity index (χ1) is 15.1. The minimum absolute atomic E-state index is 0.138. The lowest BCUT2D eigenvalue weighted by Gasteiger charge is -2.38. The van der Waals surface area contributed by atoms with Gasteiger partial charge >= 0.3 is 0 Å². The van der Waals surface area contributed by atoms with Crippen molar-refractivity contribution in [2.24, 2.45) is 5.10 Å². The van der Waals surface area contributed by atoms with Gasteiger partial charge in [0.15, 0.2) is 0 Å². The first-order valence-electron chi connectivity index (χ1n) is 10.6. The van der Waals surface area contributed by atoms with Gasteiger partial charge in [0.1, 0.15) is 17.2 Å². The van der Waals surface area contributed by atoms with Crippen molar-refractivity contribution < 1.29 is 14.2 Å². The fourth-order valence-electron chi connectivity index (χ4n) is 4.20. The third-order valence-corrected chi connectivity index (χ3v) is 5.66. The third-order valence-electron chi connectivity index (χ3n) is 5.66. The van der Waals surface area contributed by atoms with Crippen molar-refractivity contribution in [1.29, 1.82) is 0 Å². The molecule has 0 saturated carbocycles. The molecule has 31 heavy (non-hydrogen) atoms. The van der Waals surface area contributed by atoms with Crippen molar-refractivity contribution in [2.75, 3.05) is 7.11 Å². The lowest BCUT2D eigenvalue weighted by molar-refractivity contribution is -0.0190. The second-order valence-electron chi connectivity index (χ2n) is 8.12. The Kier molecular flexibility index (Phi) is 5.02. The van der Waals surface area contributed by atoms with E-state index in [4.69, 9.17) is 19.3 Å². The maximum Gasteiger partial charge on any atom is 0.213 e. The van der Waals surface area contributed by atoms with Crippen LogP contribution in [0.1, 0.15) is 49.2 Å². The number of ether oxygens (including phenoxy) is 3. The third kappa shape index (κ3) is 3.72. The largest absolute Gasteiger partial charge is 0.497 e. The van der Waals surface area contributed by atoms with Gasteiger partial charge < -0.3 is 14.2 Å². The van der Waals surface area contributed by atoms with Crippen LogP contribution in [0.25, 0.3) is 0 Å². The van der Waals surface area contributed by atoms with E-state index >= 15 is 0 Å². The summed E-state index contributed by atoms with van der Waals surface area (Å²) in [7, 11) is 1.68. The van der Waals surface area contributed by atoms with Gasteiger partial charge in [-0.2, -0.15) is 5.10 Å². The van der Waals surface area contributed by atoms with E-state index in [0.717, 1.165) is 40.5 Å². The van der Waals surface area contributed by atoms with Crippen molar-refractivity contribution in [1.82, 2.24) is 5.01 Å². The van der Waals surface area contributed by atoms with Crippen LogP contribution in [-0.4, -0.2) is 23.9 Å². The molecule has 0 radical (unpaired) electrons. The molecule has 0 saturated heterocycles. The number of hydrazone groups is 1. The molecule has 0 N–H and O–H groups in total. The van der Waals surface area contributed by atoms with Gasteiger partial charge in [0, 0.05) is 17.5 Å². The zero-order valence-corrected chi connectivity index (χ0v) is 18.0. The molecule has 3 aromatic rings. The number of fused-ring (bicyclic) bond motifs is 3. The minimum Gasteiger partial charge on any atom is -0.497 e. The van der Waals surface area contributed by atoms with E-state index in [2.05, 4.69) is 41.4 Å². The van der Waals surface area contributed by atoms with Gasteiger partial charge in [-0.3, -0.25) is 0 Å². The van der Waals surface area contributed by atoms with Crippen molar-refractivity contribution in [3.63, 3.8) is 0 Å². The maximum absolute atomic E-state index is 6.43. The van der Waals surface area contributed by atoms with Crippen molar-refractivity contribution >= 4 is 5.71 Å². The van der Waals surface area contributed by atoms with Gasteiger partial charge in [0.05, 0.1) is 25.0 Å². The van der Waals surface area contributed by atoms with E-state index in [1.165, 1.54) is 5.56 Å². The average Bonchev–Trinajstić information content (AvgIpc) is 3.25. The first kappa shape index (κ1) is 19.5. The van der Waals surface area contributed by atoms with Crippen LogP contribution in [0.4, 0.5) is 0 Å². The number of hydrogen-bond acceptors (Lipinski definition) is 5. The van der Waals surface area contributed by atoms with E-state index in [1.54, 1.807) is 7.11 Å². The van der Waals surface area contributed by atoms with Crippen LogP contribution in [0, 0.1) is 0 Å². The molecule has 2 aliphatic rings. The Morgan fingerprint density at radius 3 is 2.35 bits per heavy atom. The molecule has 0 amide bonds. The Labute approximate surface area is 182 Å². The highest BCUT2D eigenvalue weighted by Gasteiger charge is 2.40. The minimum atomic E-state index is -0.288. The number of rotatable bonds is 5. The molecule has 0 unspecified atom stereocenters. The smallest absolute Gasteiger partial charge is 0.213 e. The summed E-state index contributed by atoms with van der Waals surface area (Å²) in [6.07, 6.45) is 0.685. The fraction of sp³-hybridized carbons (Fsp3) is 0.269. The van der Waals surface area contributed by atoms with Crippen LogP contribution in [-0.2, 0) is 0 Å². The van der Waals surface area contributed by atoms with Crippen LogP contribution in [0.15, 0.2) is 77.9 Å². The van der Waals surface area contributed by atoms with E-state index < -0.39 is 0 Å². The number of para-hydroxylation sites is 1. The van der Waals surface area contributed by atoms with Gasteiger partial charge in [-0.25, -0.2) is 5.01 Å². The van der Waals surface area contributed by atoms with Crippen LogP contribution in [0.2, 0.25) is 0 Å². The molecule has 0 aromatic heterocycles. The molecule has 2 aliphatic heterocycles. The van der Waals surface area contributed by atoms with Crippen LogP contribution < -0.4 is 14.2 Å². The van der Waals surface area contributed by atoms with Gasteiger partial charge in [-0.05, 0) is 74.0 Å².